The third-order valence-electron chi connectivity index (χ3n) is 3.10. The number of hydrogen-bond acceptors (Lipinski definition) is 6. The number of esters is 1. The smallest absolute Gasteiger partial charge is 0.340 e. The van der Waals surface area contributed by atoms with Crippen LogP contribution in [0.4, 0.5) is 5.69 Å². The van der Waals surface area contributed by atoms with Gasteiger partial charge in [-0.15, -0.1) is 0 Å². The summed E-state index contributed by atoms with van der Waals surface area (Å²) in [5.41, 5.74) is 0.268. The number of aryl methyl sites for hydroxylation is 1. The van der Waals surface area contributed by atoms with Gasteiger partial charge < -0.3 is 4.74 Å². The molecule has 0 bridgehead atoms. The van der Waals surface area contributed by atoms with E-state index in [0.717, 1.165) is 0 Å². The van der Waals surface area contributed by atoms with E-state index in [-0.39, 0.29) is 22.5 Å². The number of ether oxygens (including phenoxy) is 1. The van der Waals surface area contributed by atoms with Crippen molar-refractivity contribution in [3.05, 3.63) is 69.0 Å². The molecule has 0 atom stereocenters. The Bertz CT molecular complexity index is 770. The fourth-order valence-corrected chi connectivity index (χ4v) is 1.94. The van der Waals surface area contributed by atoms with Crippen LogP contribution in [0, 0.1) is 17.0 Å². The maximum absolute atomic E-state index is 12.5. The van der Waals surface area contributed by atoms with Crippen LogP contribution in [0.3, 0.4) is 0 Å². The molecule has 0 amide bonds. The summed E-state index contributed by atoms with van der Waals surface area (Å²) in [6, 6.07) is 7.02. The van der Waals surface area contributed by atoms with Crippen molar-refractivity contribution >= 4 is 17.4 Å². The molecule has 0 fully saturated rings. The van der Waals surface area contributed by atoms with Crippen LogP contribution in [0.2, 0.25) is 0 Å². The number of methoxy groups -OCH3 is 1. The number of ketones is 1. The van der Waals surface area contributed by atoms with E-state index in [1.807, 2.05) is 0 Å². The first-order valence-corrected chi connectivity index (χ1v) is 6.28. The number of carbonyl (C=O) groups excluding carboxylic acids is 2. The highest BCUT2D eigenvalue weighted by Crippen LogP contribution is 2.21. The molecule has 0 unspecified atom stereocenters. The second kappa shape index (κ2) is 6.13. The minimum Gasteiger partial charge on any atom is -0.465 e. The summed E-state index contributed by atoms with van der Waals surface area (Å²) in [6.45, 7) is 1.58. The standard InChI is InChI=1S/C15H12N2O5/c1-9-5-6-10(8-12(9)17(20)21)14(18)13-11(15(19)22-2)4-3-7-16-13/h3-8H,1-2H3. The SMILES string of the molecule is COC(=O)c1cccnc1C(=O)c1ccc(C)c([N+](=O)[O-])c1. The largest absolute Gasteiger partial charge is 0.465 e. The predicted octanol–water partition coefficient (Wildman–Crippen LogP) is 2.32. The third-order valence-corrected chi connectivity index (χ3v) is 3.10. The Labute approximate surface area is 125 Å². The Hall–Kier alpha value is -3.09. The van der Waals surface area contributed by atoms with Gasteiger partial charge in [0, 0.05) is 23.4 Å². The zero-order chi connectivity index (χ0) is 16.3. The molecule has 0 saturated heterocycles. The Morgan fingerprint density at radius 3 is 2.64 bits per heavy atom. The molecule has 1 heterocycles. The summed E-state index contributed by atoms with van der Waals surface area (Å²) in [5, 5.41) is 11.0. The molecular formula is C15H12N2O5. The minimum atomic E-state index is -0.696. The Morgan fingerprint density at radius 1 is 1.27 bits per heavy atom. The Balaban J connectivity index is 2.52. The summed E-state index contributed by atoms with van der Waals surface area (Å²) in [7, 11) is 1.19. The summed E-state index contributed by atoms with van der Waals surface area (Å²) >= 11 is 0. The molecule has 1 aromatic carbocycles. The predicted molar refractivity (Wildman–Crippen MR) is 76.8 cm³/mol. The Kier molecular flexibility index (Phi) is 4.26. The summed E-state index contributed by atoms with van der Waals surface area (Å²) < 4.78 is 4.60. The number of benzene rings is 1. The van der Waals surface area contributed by atoms with Crippen LogP contribution in [-0.2, 0) is 4.74 Å². The van der Waals surface area contributed by atoms with E-state index in [9.17, 15) is 19.7 Å². The lowest BCUT2D eigenvalue weighted by Crippen LogP contribution is -2.13. The molecule has 0 radical (unpaired) electrons. The highest BCUT2D eigenvalue weighted by atomic mass is 16.6. The monoisotopic (exact) mass is 300 g/mol. The third kappa shape index (κ3) is 2.83. The van der Waals surface area contributed by atoms with Gasteiger partial charge in [-0.05, 0) is 19.1 Å². The number of pyridine rings is 1. The van der Waals surface area contributed by atoms with E-state index in [0.29, 0.717) is 5.56 Å². The van der Waals surface area contributed by atoms with E-state index < -0.39 is 16.7 Å². The van der Waals surface area contributed by atoms with E-state index in [1.54, 1.807) is 6.92 Å². The van der Waals surface area contributed by atoms with Crippen molar-refractivity contribution < 1.29 is 19.2 Å². The fourth-order valence-electron chi connectivity index (χ4n) is 1.94. The van der Waals surface area contributed by atoms with Gasteiger partial charge in [0.2, 0.25) is 5.78 Å². The summed E-state index contributed by atoms with van der Waals surface area (Å²) in [4.78, 5) is 38.5. The molecule has 7 nitrogen and oxygen atoms in total. The van der Waals surface area contributed by atoms with Gasteiger partial charge in [-0.2, -0.15) is 0 Å². The van der Waals surface area contributed by atoms with Crippen LogP contribution >= 0.6 is 0 Å². The maximum atomic E-state index is 12.5. The second-order valence-electron chi connectivity index (χ2n) is 4.48. The van der Waals surface area contributed by atoms with Crippen molar-refractivity contribution in [3.63, 3.8) is 0 Å². The molecule has 1 aromatic heterocycles. The fraction of sp³-hybridized carbons (Fsp3) is 0.133. The topological polar surface area (TPSA) is 99.4 Å². The molecule has 7 heteroatoms. The van der Waals surface area contributed by atoms with E-state index in [4.69, 9.17) is 0 Å². The van der Waals surface area contributed by atoms with Crippen LogP contribution < -0.4 is 0 Å². The van der Waals surface area contributed by atoms with Crippen LogP contribution in [0.15, 0.2) is 36.5 Å². The summed E-state index contributed by atoms with van der Waals surface area (Å²) in [6.07, 6.45) is 1.36. The lowest BCUT2D eigenvalue weighted by Gasteiger charge is -2.06. The van der Waals surface area contributed by atoms with Crippen molar-refractivity contribution in [2.75, 3.05) is 7.11 Å². The molecule has 0 aliphatic rings. The summed E-state index contributed by atoms with van der Waals surface area (Å²) in [5.74, 6) is -1.28. The molecule has 0 N–H and O–H groups in total. The number of nitrogens with zero attached hydrogens (tertiary/aromatic N) is 2. The van der Waals surface area contributed by atoms with Crippen LogP contribution in [0.1, 0.15) is 32.0 Å². The van der Waals surface area contributed by atoms with Crippen LogP contribution in [0.25, 0.3) is 0 Å². The molecule has 0 saturated carbocycles. The average molecular weight is 300 g/mol. The normalized spacial score (nSPS) is 10.1. The van der Waals surface area contributed by atoms with Gasteiger partial charge in [0.05, 0.1) is 17.6 Å². The number of carbonyl (C=O) groups is 2. The van der Waals surface area contributed by atoms with Gasteiger partial charge in [0.25, 0.3) is 5.69 Å². The second-order valence-corrected chi connectivity index (χ2v) is 4.48. The van der Waals surface area contributed by atoms with Gasteiger partial charge in [-0.1, -0.05) is 12.1 Å². The first-order chi connectivity index (χ1) is 10.5. The number of aromatic nitrogens is 1. The van der Waals surface area contributed by atoms with Crippen LogP contribution in [0.5, 0.6) is 0 Å². The average Bonchev–Trinajstić information content (AvgIpc) is 2.53. The zero-order valence-corrected chi connectivity index (χ0v) is 11.9. The van der Waals surface area contributed by atoms with Crippen molar-refractivity contribution in [2.45, 2.75) is 6.92 Å². The quantitative estimate of drug-likeness (QED) is 0.372. The van der Waals surface area contributed by atoms with Crippen molar-refractivity contribution in [1.29, 1.82) is 0 Å². The highest BCUT2D eigenvalue weighted by Gasteiger charge is 2.22. The van der Waals surface area contributed by atoms with Crippen molar-refractivity contribution in [2.24, 2.45) is 0 Å². The molecule has 0 aliphatic carbocycles. The van der Waals surface area contributed by atoms with Crippen LogP contribution in [-0.4, -0.2) is 28.8 Å². The van der Waals surface area contributed by atoms with Gasteiger partial charge in [0.1, 0.15) is 5.69 Å². The van der Waals surface area contributed by atoms with Gasteiger partial charge in [-0.3, -0.25) is 19.9 Å². The molecular weight excluding hydrogens is 288 g/mol. The molecule has 112 valence electrons. The molecule has 22 heavy (non-hydrogen) atoms. The Morgan fingerprint density at radius 2 is 2.00 bits per heavy atom. The van der Waals surface area contributed by atoms with E-state index in [1.165, 1.54) is 43.6 Å². The molecule has 0 spiro atoms. The highest BCUT2D eigenvalue weighted by molar-refractivity contribution is 6.13. The maximum Gasteiger partial charge on any atom is 0.340 e. The van der Waals surface area contributed by atoms with Gasteiger partial charge in [-0.25, -0.2) is 4.79 Å². The van der Waals surface area contributed by atoms with E-state index in [2.05, 4.69) is 9.72 Å². The lowest BCUT2D eigenvalue weighted by molar-refractivity contribution is -0.385. The first-order valence-electron chi connectivity index (χ1n) is 6.28. The lowest BCUT2D eigenvalue weighted by atomic mass is 10.0. The van der Waals surface area contributed by atoms with E-state index >= 15 is 0 Å². The number of nitro groups is 1. The molecule has 2 rings (SSSR count). The molecule has 0 aliphatic heterocycles. The van der Waals surface area contributed by atoms with Gasteiger partial charge in [0.15, 0.2) is 0 Å². The van der Waals surface area contributed by atoms with Gasteiger partial charge >= 0.3 is 5.97 Å². The molecule has 2 aromatic rings. The van der Waals surface area contributed by atoms with Crippen molar-refractivity contribution in [3.8, 4) is 0 Å². The van der Waals surface area contributed by atoms with Crippen molar-refractivity contribution in [1.82, 2.24) is 4.98 Å². The first kappa shape index (κ1) is 15.3. The number of hydrogen-bond donors (Lipinski definition) is 0. The number of nitro benzene ring substituents is 1. The minimum absolute atomic E-state index is 0.0122. The number of rotatable bonds is 4. The zero-order valence-electron chi connectivity index (χ0n) is 11.9.